The first-order valence-corrected chi connectivity index (χ1v) is 10.8. The van der Waals surface area contributed by atoms with E-state index in [2.05, 4.69) is 15.6 Å². The largest absolute Gasteiger partial charge is 0.416 e. The number of benzene rings is 2. The second kappa shape index (κ2) is 9.09. The molecule has 0 saturated heterocycles. The third-order valence-electron chi connectivity index (χ3n) is 6.12. The van der Waals surface area contributed by atoms with Crippen molar-refractivity contribution in [3.63, 3.8) is 0 Å². The summed E-state index contributed by atoms with van der Waals surface area (Å²) in [7, 11) is 1.74. The number of alkyl halides is 3. The number of amides is 1. The molecule has 0 fully saturated rings. The maximum absolute atomic E-state index is 14.6. The summed E-state index contributed by atoms with van der Waals surface area (Å²) in [5, 5.41) is 6.47. The van der Waals surface area contributed by atoms with E-state index < -0.39 is 29.2 Å². The first-order chi connectivity index (χ1) is 16.1. The monoisotopic (exact) mass is 476 g/mol. The van der Waals surface area contributed by atoms with Crippen LogP contribution in [0.25, 0.3) is 10.8 Å². The van der Waals surface area contributed by atoms with Gasteiger partial charge in [0.2, 0.25) is 5.91 Å². The number of carbonyl (C=O) groups excluding carboxylic acids is 1. The lowest BCUT2D eigenvalue weighted by Crippen LogP contribution is -2.41. The van der Waals surface area contributed by atoms with Crippen LogP contribution in [0.4, 0.5) is 23.2 Å². The van der Waals surface area contributed by atoms with Crippen molar-refractivity contribution >= 4 is 22.4 Å². The summed E-state index contributed by atoms with van der Waals surface area (Å²) in [6.45, 7) is 2.26. The van der Waals surface area contributed by atoms with Crippen LogP contribution in [0.2, 0.25) is 0 Å². The fourth-order valence-electron chi connectivity index (χ4n) is 4.39. The Balaban J connectivity index is 1.50. The molecule has 1 aliphatic heterocycles. The molecule has 2 aromatic carbocycles. The van der Waals surface area contributed by atoms with Gasteiger partial charge in [-0.25, -0.2) is 4.39 Å². The summed E-state index contributed by atoms with van der Waals surface area (Å²) in [4.78, 5) is 29.4. The van der Waals surface area contributed by atoms with E-state index in [0.29, 0.717) is 35.2 Å². The predicted molar refractivity (Wildman–Crippen MR) is 121 cm³/mol. The number of fused-ring (bicyclic) bond motifs is 2. The van der Waals surface area contributed by atoms with E-state index in [9.17, 15) is 27.2 Å². The van der Waals surface area contributed by atoms with Gasteiger partial charge in [0.15, 0.2) is 0 Å². The molecule has 1 amide bonds. The van der Waals surface area contributed by atoms with Crippen molar-refractivity contribution in [3.8, 4) is 0 Å². The molecule has 6 nitrogen and oxygen atoms in total. The lowest BCUT2D eigenvalue weighted by atomic mass is 9.91. The molecule has 10 heteroatoms. The lowest BCUT2D eigenvalue weighted by Gasteiger charge is -2.35. The van der Waals surface area contributed by atoms with Crippen LogP contribution in [-0.4, -0.2) is 35.9 Å². The molecule has 1 aromatic heterocycles. The van der Waals surface area contributed by atoms with Crippen molar-refractivity contribution in [2.45, 2.75) is 32.1 Å². The van der Waals surface area contributed by atoms with Crippen LogP contribution in [0.15, 0.2) is 41.2 Å². The molecule has 3 aromatic rings. The number of hydrogen-bond acceptors (Lipinski definition) is 4. The summed E-state index contributed by atoms with van der Waals surface area (Å²) < 4.78 is 53.6. The average Bonchev–Trinajstić information content (AvgIpc) is 2.78. The van der Waals surface area contributed by atoms with Gasteiger partial charge < -0.3 is 20.5 Å². The Morgan fingerprint density at radius 3 is 2.68 bits per heavy atom. The Hall–Kier alpha value is -3.40. The molecule has 34 heavy (non-hydrogen) atoms. The number of nitrogens with zero attached hydrogens (tertiary/aromatic N) is 1. The molecule has 0 radical (unpaired) electrons. The highest BCUT2D eigenvalue weighted by Crippen LogP contribution is 2.35. The van der Waals surface area contributed by atoms with Gasteiger partial charge in [-0.2, -0.15) is 13.2 Å². The predicted octanol–water partition coefficient (Wildman–Crippen LogP) is 3.96. The number of aromatic nitrogens is 1. The fourth-order valence-corrected chi connectivity index (χ4v) is 4.39. The highest BCUT2D eigenvalue weighted by Gasteiger charge is 2.33. The highest BCUT2D eigenvalue weighted by atomic mass is 19.4. The second-order valence-electron chi connectivity index (χ2n) is 8.35. The molecule has 2 heterocycles. The van der Waals surface area contributed by atoms with Gasteiger partial charge in [0, 0.05) is 18.8 Å². The van der Waals surface area contributed by atoms with E-state index in [1.54, 1.807) is 24.9 Å². The standard InChI is InChI=1S/C24H24F4N4O2/c1-13-18-4-3-16(24(26,27)28)7-14(18)5-6-32(13)22(33)12-30-21-9-15-8-17(11-29-2)31-23(34)19(15)10-20(21)25/h3-4,7-10,13,29-30H,5-6,11-12H2,1-2H3,(H,31,34)/t13-/m0/s1. The minimum absolute atomic E-state index is 0.0849. The SMILES string of the molecule is CNCc1cc2cc(NCC(=O)N3CCc4cc(C(F)(F)F)ccc4[C@@H]3C)c(F)cc2c(=O)[nH]1. The van der Waals surface area contributed by atoms with Crippen LogP contribution < -0.4 is 16.2 Å². The Labute approximate surface area is 193 Å². The van der Waals surface area contributed by atoms with Gasteiger partial charge in [-0.15, -0.1) is 0 Å². The van der Waals surface area contributed by atoms with E-state index in [1.807, 2.05) is 0 Å². The number of hydrogen-bond donors (Lipinski definition) is 3. The maximum atomic E-state index is 14.6. The number of anilines is 1. The van der Waals surface area contributed by atoms with Gasteiger partial charge in [-0.1, -0.05) is 6.07 Å². The molecule has 0 aliphatic carbocycles. The molecular formula is C24H24F4N4O2. The van der Waals surface area contributed by atoms with Crippen LogP contribution >= 0.6 is 0 Å². The van der Waals surface area contributed by atoms with E-state index in [4.69, 9.17) is 0 Å². The zero-order valence-corrected chi connectivity index (χ0v) is 18.6. The summed E-state index contributed by atoms with van der Waals surface area (Å²) >= 11 is 0. The van der Waals surface area contributed by atoms with Crippen LogP contribution in [-0.2, 0) is 23.9 Å². The van der Waals surface area contributed by atoms with Crippen molar-refractivity contribution in [1.82, 2.24) is 15.2 Å². The molecule has 0 bridgehead atoms. The highest BCUT2D eigenvalue weighted by molar-refractivity contribution is 5.87. The molecule has 3 N–H and O–H groups in total. The van der Waals surface area contributed by atoms with Gasteiger partial charge in [0.05, 0.1) is 29.2 Å². The zero-order valence-electron chi connectivity index (χ0n) is 18.6. The minimum Gasteiger partial charge on any atom is -0.374 e. The van der Waals surface area contributed by atoms with Crippen molar-refractivity contribution in [1.29, 1.82) is 0 Å². The molecule has 4 rings (SSSR count). The number of carbonyl (C=O) groups is 1. The van der Waals surface area contributed by atoms with Crippen molar-refractivity contribution in [3.05, 3.63) is 75.0 Å². The summed E-state index contributed by atoms with van der Waals surface area (Å²) in [5.41, 5.74) is 0.857. The van der Waals surface area contributed by atoms with E-state index in [-0.39, 0.29) is 30.1 Å². The lowest BCUT2D eigenvalue weighted by molar-refractivity contribution is -0.138. The number of H-pyrrole nitrogens is 1. The Kier molecular flexibility index (Phi) is 6.35. The Morgan fingerprint density at radius 1 is 1.21 bits per heavy atom. The molecule has 0 spiro atoms. The Bertz CT molecular complexity index is 1300. The Morgan fingerprint density at radius 2 is 1.97 bits per heavy atom. The van der Waals surface area contributed by atoms with Crippen LogP contribution in [0.1, 0.15) is 35.3 Å². The third-order valence-corrected chi connectivity index (χ3v) is 6.12. The summed E-state index contributed by atoms with van der Waals surface area (Å²) in [5.74, 6) is -0.969. The second-order valence-corrected chi connectivity index (χ2v) is 8.35. The van der Waals surface area contributed by atoms with Crippen LogP contribution in [0, 0.1) is 5.82 Å². The number of aromatic amines is 1. The summed E-state index contributed by atoms with van der Waals surface area (Å²) in [6.07, 6.45) is -4.12. The maximum Gasteiger partial charge on any atom is 0.416 e. The smallest absolute Gasteiger partial charge is 0.374 e. The average molecular weight is 476 g/mol. The van der Waals surface area contributed by atoms with Crippen LogP contribution in [0.5, 0.6) is 0 Å². The number of pyridine rings is 1. The van der Waals surface area contributed by atoms with Gasteiger partial charge in [0.1, 0.15) is 5.82 Å². The summed E-state index contributed by atoms with van der Waals surface area (Å²) in [6, 6.07) is 7.51. The fraction of sp³-hybridized carbons (Fsp3) is 0.333. The van der Waals surface area contributed by atoms with Crippen molar-refractivity contribution < 1.29 is 22.4 Å². The first kappa shape index (κ1) is 23.7. The van der Waals surface area contributed by atoms with Gasteiger partial charge in [-0.3, -0.25) is 9.59 Å². The van der Waals surface area contributed by atoms with Gasteiger partial charge >= 0.3 is 6.18 Å². The molecule has 0 unspecified atom stereocenters. The topological polar surface area (TPSA) is 77.2 Å². The normalized spacial score (nSPS) is 15.9. The molecule has 1 aliphatic rings. The van der Waals surface area contributed by atoms with Gasteiger partial charge in [-0.05, 0) is 67.2 Å². The van der Waals surface area contributed by atoms with E-state index >= 15 is 0 Å². The molecule has 1 atom stereocenters. The van der Waals surface area contributed by atoms with E-state index in [0.717, 1.165) is 18.2 Å². The van der Waals surface area contributed by atoms with Gasteiger partial charge in [0.25, 0.3) is 5.56 Å². The number of rotatable bonds is 5. The molecule has 180 valence electrons. The molecule has 0 saturated carbocycles. The third kappa shape index (κ3) is 4.63. The van der Waals surface area contributed by atoms with Crippen molar-refractivity contribution in [2.24, 2.45) is 0 Å². The molecular weight excluding hydrogens is 452 g/mol. The first-order valence-electron chi connectivity index (χ1n) is 10.8. The van der Waals surface area contributed by atoms with Crippen LogP contribution in [0.3, 0.4) is 0 Å². The van der Waals surface area contributed by atoms with Crippen molar-refractivity contribution in [2.75, 3.05) is 25.5 Å². The minimum atomic E-state index is -4.42. The van der Waals surface area contributed by atoms with E-state index in [1.165, 1.54) is 12.1 Å². The number of halogens is 4. The quantitative estimate of drug-likeness (QED) is 0.488. The zero-order chi connectivity index (χ0) is 24.6. The number of nitrogens with one attached hydrogen (secondary N) is 3.